The van der Waals surface area contributed by atoms with E-state index >= 15 is 0 Å². The Morgan fingerprint density at radius 2 is 2.36 bits per heavy atom. The van der Waals surface area contributed by atoms with Crippen LogP contribution in [0.15, 0.2) is 16.9 Å². The first-order valence-electron chi connectivity index (χ1n) is 3.26. The first-order valence-corrected chi connectivity index (χ1v) is 4.06. The highest BCUT2D eigenvalue weighted by molar-refractivity contribution is 9.10. The van der Waals surface area contributed by atoms with Crippen LogP contribution in [-0.2, 0) is 0 Å². The third-order valence-electron chi connectivity index (χ3n) is 1.70. The maximum Gasteiger partial charge on any atom is 0.0768 e. The molecule has 0 aromatic carbocycles. The minimum atomic E-state index is 0. The minimum Gasteiger partial charge on any atom is -0.312 e. The van der Waals surface area contributed by atoms with Gasteiger partial charge < -0.3 is 5.32 Å². The van der Waals surface area contributed by atoms with Crippen molar-refractivity contribution in [3.05, 3.63) is 16.9 Å². The predicted molar refractivity (Wildman–Crippen MR) is 49.1 cm³/mol. The summed E-state index contributed by atoms with van der Waals surface area (Å²) < 4.78 is 3.04. The van der Waals surface area contributed by atoms with Gasteiger partial charge in [0.25, 0.3) is 0 Å². The third-order valence-corrected chi connectivity index (χ3v) is 2.11. The van der Waals surface area contributed by atoms with Gasteiger partial charge in [0.15, 0.2) is 0 Å². The molecule has 5 heteroatoms. The molecule has 0 aliphatic carbocycles. The zero-order chi connectivity index (χ0) is 6.97. The van der Waals surface area contributed by atoms with Crippen molar-refractivity contribution in [1.29, 1.82) is 0 Å². The van der Waals surface area contributed by atoms with Crippen LogP contribution in [0.5, 0.6) is 0 Å². The van der Waals surface area contributed by atoms with Crippen molar-refractivity contribution >= 4 is 28.3 Å². The van der Waals surface area contributed by atoms with Crippen LogP contribution in [0.1, 0.15) is 6.04 Å². The van der Waals surface area contributed by atoms with Gasteiger partial charge in [-0.2, -0.15) is 5.10 Å². The SMILES string of the molecule is Brc1cnn(C2CNC2)c1.Cl. The molecule has 0 radical (unpaired) electrons. The van der Waals surface area contributed by atoms with Crippen molar-refractivity contribution < 1.29 is 0 Å². The van der Waals surface area contributed by atoms with Crippen molar-refractivity contribution in [2.75, 3.05) is 13.1 Å². The highest BCUT2D eigenvalue weighted by Gasteiger charge is 2.18. The summed E-state index contributed by atoms with van der Waals surface area (Å²) in [6, 6.07) is 0.575. The van der Waals surface area contributed by atoms with E-state index in [2.05, 4.69) is 26.3 Å². The molecule has 2 rings (SSSR count). The lowest BCUT2D eigenvalue weighted by atomic mass is 10.2. The Morgan fingerprint density at radius 3 is 2.73 bits per heavy atom. The average molecular weight is 239 g/mol. The second-order valence-electron chi connectivity index (χ2n) is 2.45. The zero-order valence-electron chi connectivity index (χ0n) is 5.83. The Hall–Kier alpha value is -0.0600. The van der Waals surface area contributed by atoms with E-state index in [4.69, 9.17) is 0 Å². The van der Waals surface area contributed by atoms with Gasteiger partial charge in [0, 0.05) is 19.3 Å². The largest absolute Gasteiger partial charge is 0.312 e. The van der Waals surface area contributed by atoms with Gasteiger partial charge in [-0.3, -0.25) is 4.68 Å². The summed E-state index contributed by atoms with van der Waals surface area (Å²) in [5.74, 6) is 0. The number of hydrogen-bond acceptors (Lipinski definition) is 2. The normalized spacial score (nSPS) is 17.2. The van der Waals surface area contributed by atoms with E-state index in [9.17, 15) is 0 Å². The maximum absolute atomic E-state index is 4.17. The Morgan fingerprint density at radius 1 is 1.64 bits per heavy atom. The van der Waals surface area contributed by atoms with E-state index in [0.29, 0.717) is 6.04 Å². The fourth-order valence-corrected chi connectivity index (χ4v) is 1.28. The van der Waals surface area contributed by atoms with Gasteiger partial charge in [-0.25, -0.2) is 0 Å². The molecule has 0 saturated carbocycles. The molecule has 1 N–H and O–H groups in total. The van der Waals surface area contributed by atoms with Crippen LogP contribution in [0.25, 0.3) is 0 Å². The highest BCUT2D eigenvalue weighted by atomic mass is 79.9. The molecule has 1 aliphatic heterocycles. The Balaban J connectivity index is 0.000000605. The minimum absolute atomic E-state index is 0. The Labute approximate surface area is 79.7 Å². The van der Waals surface area contributed by atoms with Gasteiger partial charge in [0.1, 0.15) is 0 Å². The van der Waals surface area contributed by atoms with Crippen molar-refractivity contribution in [3.63, 3.8) is 0 Å². The van der Waals surface area contributed by atoms with Crippen molar-refractivity contribution in [2.24, 2.45) is 0 Å². The molecule has 1 aromatic rings. The molecule has 3 nitrogen and oxygen atoms in total. The average Bonchev–Trinajstić information content (AvgIpc) is 2.10. The smallest absolute Gasteiger partial charge is 0.0768 e. The van der Waals surface area contributed by atoms with Crippen LogP contribution < -0.4 is 5.32 Å². The molecule has 1 aliphatic rings. The van der Waals surface area contributed by atoms with Gasteiger partial charge in [-0.15, -0.1) is 12.4 Å². The summed E-state index contributed by atoms with van der Waals surface area (Å²) >= 11 is 3.35. The van der Waals surface area contributed by atoms with Crippen LogP contribution in [0.4, 0.5) is 0 Å². The van der Waals surface area contributed by atoms with E-state index in [-0.39, 0.29) is 12.4 Å². The lowest BCUT2D eigenvalue weighted by molar-refractivity contribution is 0.318. The fraction of sp³-hybridized carbons (Fsp3) is 0.500. The fourth-order valence-electron chi connectivity index (χ4n) is 0.975. The molecule has 0 spiro atoms. The first-order chi connectivity index (χ1) is 4.86. The molecule has 0 bridgehead atoms. The number of nitrogens with one attached hydrogen (secondary N) is 1. The lowest BCUT2D eigenvalue weighted by Gasteiger charge is -2.26. The van der Waals surface area contributed by atoms with Crippen LogP contribution in [-0.4, -0.2) is 22.9 Å². The lowest BCUT2D eigenvalue weighted by Crippen LogP contribution is -2.43. The topological polar surface area (TPSA) is 29.9 Å². The van der Waals surface area contributed by atoms with Crippen molar-refractivity contribution in [1.82, 2.24) is 15.1 Å². The molecular weight excluding hydrogens is 229 g/mol. The molecule has 11 heavy (non-hydrogen) atoms. The molecule has 62 valence electrons. The summed E-state index contributed by atoms with van der Waals surface area (Å²) in [6.45, 7) is 2.10. The highest BCUT2D eigenvalue weighted by Crippen LogP contribution is 2.14. The first kappa shape index (κ1) is 9.03. The second-order valence-corrected chi connectivity index (χ2v) is 3.37. The van der Waals surface area contributed by atoms with Gasteiger partial charge >= 0.3 is 0 Å². The van der Waals surface area contributed by atoms with E-state index in [1.54, 1.807) is 0 Å². The molecule has 0 atom stereocenters. The van der Waals surface area contributed by atoms with Gasteiger partial charge in [0.2, 0.25) is 0 Å². The number of aromatic nitrogens is 2. The maximum atomic E-state index is 4.17. The molecular formula is C6H9BrClN3. The zero-order valence-corrected chi connectivity index (χ0v) is 8.23. The molecule has 2 heterocycles. The van der Waals surface area contributed by atoms with Crippen LogP contribution in [0.3, 0.4) is 0 Å². The summed E-state index contributed by atoms with van der Waals surface area (Å²) in [4.78, 5) is 0. The summed E-state index contributed by atoms with van der Waals surface area (Å²) in [5, 5.41) is 7.36. The summed E-state index contributed by atoms with van der Waals surface area (Å²) in [6.07, 6.45) is 3.82. The molecule has 0 amide bonds. The molecule has 1 saturated heterocycles. The summed E-state index contributed by atoms with van der Waals surface area (Å²) in [5.41, 5.74) is 0. The summed E-state index contributed by atoms with van der Waals surface area (Å²) in [7, 11) is 0. The van der Waals surface area contributed by atoms with Crippen molar-refractivity contribution in [3.8, 4) is 0 Å². The monoisotopic (exact) mass is 237 g/mol. The van der Waals surface area contributed by atoms with E-state index < -0.39 is 0 Å². The van der Waals surface area contributed by atoms with Crippen molar-refractivity contribution in [2.45, 2.75) is 6.04 Å². The third kappa shape index (κ3) is 1.75. The van der Waals surface area contributed by atoms with Gasteiger partial charge in [-0.05, 0) is 15.9 Å². The van der Waals surface area contributed by atoms with Gasteiger partial charge in [-0.1, -0.05) is 0 Å². The van der Waals surface area contributed by atoms with Gasteiger partial charge in [0.05, 0.1) is 16.7 Å². The standard InChI is InChI=1S/C6H8BrN3.ClH/c7-5-1-9-10(4-5)6-2-8-3-6;/h1,4,6,8H,2-3H2;1H. The molecule has 0 unspecified atom stereocenters. The second kappa shape index (κ2) is 3.56. The van der Waals surface area contributed by atoms with E-state index in [1.165, 1.54) is 0 Å². The number of nitrogens with zero attached hydrogens (tertiary/aromatic N) is 2. The number of hydrogen-bond donors (Lipinski definition) is 1. The Kier molecular flexibility index (Phi) is 2.92. The predicted octanol–water partition coefficient (Wildman–Crippen LogP) is 1.21. The number of halogens is 2. The van der Waals surface area contributed by atoms with Crippen LogP contribution in [0.2, 0.25) is 0 Å². The molecule has 1 fully saturated rings. The van der Waals surface area contributed by atoms with E-state index in [0.717, 1.165) is 17.6 Å². The molecule has 1 aromatic heterocycles. The van der Waals surface area contributed by atoms with Crippen LogP contribution >= 0.6 is 28.3 Å². The quantitative estimate of drug-likeness (QED) is 0.797. The van der Waals surface area contributed by atoms with Crippen LogP contribution in [0, 0.1) is 0 Å². The Bertz CT molecular complexity index is 233. The van der Waals surface area contributed by atoms with E-state index in [1.807, 2.05) is 17.1 Å². The number of rotatable bonds is 1.